The van der Waals surface area contributed by atoms with Crippen LogP contribution in [0.4, 0.5) is 17.6 Å². The largest absolute Gasteiger partial charge is 0.419 e. The second-order valence-corrected chi connectivity index (χ2v) is 3.77. The second-order valence-electron chi connectivity index (χ2n) is 3.77. The molecule has 1 aromatic rings. The quantitative estimate of drug-likeness (QED) is 0.836. The molecule has 104 valence electrons. The molecule has 4 N–H and O–H groups in total. The second kappa shape index (κ2) is 6.92. The Morgan fingerprint density at radius 2 is 1.83 bits per heavy atom. The molecule has 0 saturated carbocycles. The molecule has 0 aromatic heterocycles. The summed E-state index contributed by atoms with van der Waals surface area (Å²) in [5.74, 6) is -1.29. The van der Waals surface area contributed by atoms with Gasteiger partial charge < -0.3 is 11.5 Å². The van der Waals surface area contributed by atoms with E-state index in [-0.39, 0.29) is 12.4 Å². The molecular formula is C11H15ClF4N2. The lowest BCUT2D eigenvalue weighted by Gasteiger charge is -2.14. The van der Waals surface area contributed by atoms with E-state index < -0.39 is 23.6 Å². The summed E-state index contributed by atoms with van der Waals surface area (Å²) in [5.41, 5.74) is 10.1. The molecule has 0 aliphatic rings. The van der Waals surface area contributed by atoms with Gasteiger partial charge in [-0.25, -0.2) is 4.39 Å². The molecule has 0 heterocycles. The van der Waals surface area contributed by atoms with E-state index in [0.717, 1.165) is 6.07 Å². The fraction of sp³-hybridized carbons (Fsp3) is 0.455. The normalized spacial score (nSPS) is 13.0. The zero-order chi connectivity index (χ0) is 13.1. The van der Waals surface area contributed by atoms with Crippen molar-refractivity contribution in [3.63, 3.8) is 0 Å². The zero-order valence-corrected chi connectivity index (χ0v) is 10.3. The van der Waals surface area contributed by atoms with Crippen molar-refractivity contribution >= 4 is 12.4 Å². The molecule has 18 heavy (non-hydrogen) atoms. The van der Waals surface area contributed by atoms with Crippen molar-refractivity contribution in [1.29, 1.82) is 0 Å². The predicted molar refractivity (Wildman–Crippen MR) is 63.9 cm³/mol. The molecule has 2 nitrogen and oxygen atoms in total. The Morgan fingerprint density at radius 1 is 1.22 bits per heavy atom. The molecule has 0 amide bonds. The number of rotatable bonds is 4. The number of hydrogen-bond donors (Lipinski definition) is 2. The van der Waals surface area contributed by atoms with Crippen LogP contribution in [0.15, 0.2) is 18.2 Å². The molecule has 1 atom stereocenters. The van der Waals surface area contributed by atoms with Crippen molar-refractivity contribution in [2.24, 2.45) is 11.5 Å². The first-order chi connectivity index (χ1) is 7.86. The van der Waals surface area contributed by atoms with Gasteiger partial charge in [0.25, 0.3) is 0 Å². The fourth-order valence-electron chi connectivity index (χ4n) is 1.50. The van der Waals surface area contributed by atoms with Crippen LogP contribution in [-0.2, 0) is 6.18 Å². The molecule has 0 bridgehead atoms. The summed E-state index contributed by atoms with van der Waals surface area (Å²) in [5, 5.41) is 0. The maximum Gasteiger partial charge on any atom is 0.419 e. The number of hydrogen-bond acceptors (Lipinski definition) is 2. The minimum absolute atomic E-state index is 0. The standard InChI is InChI=1S/C11H14F4N2.ClH/c12-9-6-7(10(17)2-1-5-16)3-4-8(9)11(13,14)15;/h3-4,6,10H,1-2,5,16-17H2;1H/t10-;/m1./s1. The van der Waals surface area contributed by atoms with E-state index in [1.54, 1.807) is 0 Å². The Hall–Kier alpha value is -0.850. The van der Waals surface area contributed by atoms with Crippen LogP contribution in [0.1, 0.15) is 30.0 Å². The molecule has 0 unspecified atom stereocenters. The van der Waals surface area contributed by atoms with E-state index >= 15 is 0 Å². The lowest BCUT2D eigenvalue weighted by molar-refractivity contribution is -0.140. The minimum Gasteiger partial charge on any atom is -0.330 e. The Balaban J connectivity index is 0.00000289. The van der Waals surface area contributed by atoms with Crippen molar-refractivity contribution in [2.45, 2.75) is 25.1 Å². The number of nitrogens with two attached hydrogens (primary N) is 2. The van der Waals surface area contributed by atoms with Gasteiger partial charge in [0.2, 0.25) is 0 Å². The van der Waals surface area contributed by atoms with Crippen molar-refractivity contribution in [1.82, 2.24) is 0 Å². The molecule has 1 aromatic carbocycles. The Bertz CT molecular complexity index is 382. The summed E-state index contributed by atoms with van der Waals surface area (Å²) in [4.78, 5) is 0. The van der Waals surface area contributed by atoms with Crippen molar-refractivity contribution in [3.8, 4) is 0 Å². The van der Waals surface area contributed by atoms with Gasteiger partial charge in [0.1, 0.15) is 5.82 Å². The van der Waals surface area contributed by atoms with Crippen LogP contribution in [-0.4, -0.2) is 6.54 Å². The summed E-state index contributed by atoms with van der Waals surface area (Å²) >= 11 is 0. The number of halogens is 5. The minimum atomic E-state index is -4.68. The Kier molecular flexibility index (Phi) is 6.59. The van der Waals surface area contributed by atoms with Crippen molar-refractivity contribution in [2.75, 3.05) is 6.54 Å². The molecule has 0 aliphatic carbocycles. The van der Waals surface area contributed by atoms with Gasteiger partial charge >= 0.3 is 6.18 Å². The average Bonchev–Trinajstić information content (AvgIpc) is 2.23. The predicted octanol–water partition coefficient (Wildman–Crippen LogP) is 3.01. The summed E-state index contributed by atoms with van der Waals surface area (Å²) in [6.07, 6.45) is -3.52. The van der Waals surface area contributed by atoms with Gasteiger partial charge in [-0.3, -0.25) is 0 Å². The van der Waals surface area contributed by atoms with E-state index in [4.69, 9.17) is 11.5 Å². The highest BCUT2D eigenvalue weighted by Crippen LogP contribution is 2.32. The highest BCUT2D eigenvalue weighted by atomic mass is 35.5. The van der Waals surface area contributed by atoms with Crippen LogP contribution < -0.4 is 11.5 Å². The maximum atomic E-state index is 13.2. The van der Waals surface area contributed by atoms with Gasteiger partial charge in [-0.05, 0) is 37.1 Å². The average molecular weight is 287 g/mol. The van der Waals surface area contributed by atoms with E-state index in [9.17, 15) is 17.6 Å². The first-order valence-corrected chi connectivity index (χ1v) is 5.18. The van der Waals surface area contributed by atoms with Crippen LogP contribution in [0.25, 0.3) is 0 Å². The third-order valence-electron chi connectivity index (χ3n) is 2.45. The lowest BCUT2D eigenvalue weighted by atomic mass is 10.0. The molecular weight excluding hydrogens is 272 g/mol. The van der Waals surface area contributed by atoms with Gasteiger partial charge in [0.05, 0.1) is 5.56 Å². The van der Waals surface area contributed by atoms with Gasteiger partial charge in [-0.1, -0.05) is 6.07 Å². The van der Waals surface area contributed by atoms with E-state index in [0.29, 0.717) is 31.0 Å². The molecule has 0 aliphatic heterocycles. The van der Waals surface area contributed by atoms with Gasteiger partial charge in [-0.2, -0.15) is 13.2 Å². The molecule has 0 radical (unpaired) electrons. The maximum absolute atomic E-state index is 13.2. The molecule has 0 fully saturated rings. The zero-order valence-electron chi connectivity index (χ0n) is 9.51. The summed E-state index contributed by atoms with van der Waals surface area (Å²) in [6, 6.07) is 2.26. The smallest absolute Gasteiger partial charge is 0.330 e. The molecule has 1 rings (SSSR count). The molecule has 0 spiro atoms. The number of benzene rings is 1. The first-order valence-electron chi connectivity index (χ1n) is 5.18. The van der Waals surface area contributed by atoms with Crippen LogP contribution in [0.5, 0.6) is 0 Å². The lowest BCUT2D eigenvalue weighted by Crippen LogP contribution is -2.14. The summed E-state index contributed by atoms with van der Waals surface area (Å²) in [6.45, 7) is 0.441. The summed E-state index contributed by atoms with van der Waals surface area (Å²) in [7, 11) is 0. The van der Waals surface area contributed by atoms with Crippen LogP contribution >= 0.6 is 12.4 Å². The monoisotopic (exact) mass is 286 g/mol. The van der Waals surface area contributed by atoms with E-state index in [2.05, 4.69) is 0 Å². The van der Waals surface area contributed by atoms with Crippen molar-refractivity contribution < 1.29 is 17.6 Å². The first kappa shape index (κ1) is 17.2. The summed E-state index contributed by atoms with van der Waals surface area (Å²) < 4.78 is 50.1. The SMILES string of the molecule is Cl.NCCC[C@@H](N)c1ccc(C(F)(F)F)c(F)c1. The fourth-order valence-corrected chi connectivity index (χ4v) is 1.50. The van der Waals surface area contributed by atoms with Crippen LogP contribution in [0, 0.1) is 5.82 Å². The molecule has 0 saturated heterocycles. The third kappa shape index (κ3) is 4.44. The van der Waals surface area contributed by atoms with Gasteiger partial charge in [0.15, 0.2) is 0 Å². The van der Waals surface area contributed by atoms with E-state index in [1.165, 1.54) is 6.07 Å². The Morgan fingerprint density at radius 3 is 2.28 bits per heavy atom. The third-order valence-corrected chi connectivity index (χ3v) is 2.45. The highest BCUT2D eigenvalue weighted by molar-refractivity contribution is 5.85. The van der Waals surface area contributed by atoms with Gasteiger partial charge in [0, 0.05) is 6.04 Å². The van der Waals surface area contributed by atoms with Crippen LogP contribution in [0.2, 0.25) is 0 Å². The highest BCUT2D eigenvalue weighted by Gasteiger charge is 2.34. The molecule has 7 heteroatoms. The van der Waals surface area contributed by atoms with Crippen molar-refractivity contribution in [3.05, 3.63) is 35.1 Å². The number of alkyl halides is 3. The van der Waals surface area contributed by atoms with Crippen LogP contribution in [0.3, 0.4) is 0 Å². The Labute approximate surface area is 109 Å². The van der Waals surface area contributed by atoms with Gasteiger partial charge in [-0.15, -0.1) is 12.4 Å². The topological polar surface area (TPSA) is 52.0 Å². The van der Waals surface area contributed by atoms with E-state index in [1.807, 2.05) is 0 Å².